The van der Waals surface area contributed by atoms with E-state index in [1.54, 1.807) is 0 Å². The third-order valence-electron chi connectivity index (χ3n) is 3.04. The van der Waals surface area contributed by atoms with E-state index in [1.165, 1.54) is 25.4 Å². The molecule has 0 aliphatic rings. The predicted octanol–water partition coefficient (Wildman–Crippen LogP) is 1.49. The van der Waals surface area contributed by atoms with Gasteiger partial charge in [0.1, 0.15) is 11.4 Å². The Kier molecular flexibility index (Phi) is 4.08. The number of aryl methyl sites for hydroxylation is 1. The molecule has 0 aromatic carbocycles. The second-order valence-corrected chi connectivity index (χ2v) is 4.69. The van der Waals surface area contributed by atoms with Gasteiger partial charge in [0.15, 0.2) is 5.69 Å². The van der Waals surface area contributed by atoms with Crippen molar-refractivity contribution in [3.05, 3.63) is 41.0 Å². The zero-order valence-electron chi connectivity index (χ0n) is 12.1. The van der Waals surface area contributed by atoms with Crippen molar-refractivity contribution in [2.75, 3.05) is 5.32 Å². The van der Waals surface area contributed by atoms with Gasteiger partial charge in [-0.15, -0.1) is 0 Å². The smallest absolute Gasteiger partial charge is 0.364 e. The summed E-state index contributed by atoms with van der Waals surface area (Å²) in [5, 5.41) is 5.72. The number of nitrogens with one attached hydrogen (secondary N) is 1. The standard InChI is InChI=1S/C13H12F3N5O2/c1-6-9(21(2)20-10(6)13(14,15)16)12(23)19-7-3-4-18-8(5-7)11(17)22/h3-5H,1-2H3,(H2,17,22)(H,18,19,23). The van der Waals surface area contributed by atoms with Crippen LogP contribution in [0.1, 0.15) is 32.2 Å². The average molecular weight is 327 g/mol. The Bertz CT molecular complexity index is 782. The quantitative estimate of drug-likeness (QED) is 0.891. The maximum atomic E-state index is 12.8. The fourth-order valence-corrected chi connectivity index (χ4v) is 2.05. The van der Waals surface area contributed by atoms with Crippen molar-refractivity contribution in [3.8, 4) is 0 Å². The normalized spacial score (nSPS) is 11.3. The van der Waals surface area contributed by atoms with Crippen molar-refractivity contribution in [2.45, 2.75) is 13.1 Å². The number of rotatable bonds is 3. The van der Waals surface area contributed by atoms with Gasteiger partial charge in [-0.25, -0.2) is 0 Å². The van der Waals surface area contributed by atoms with E-state index in [0.29, 0.717) is 0 Å². The van der Waals surface area contributed by atoms with E-state index in [-0.39, 0.29) is 22.6 Å². The molecule has 7 nitrogen and oxygen atoms in total. The lowest BCUT2D eigenvalue weighted by Crippen LogP contribution is -2.18. The van der Waals surface area contributed by atoms with E-state index in [9.17, 15) is 22.8 Å². The molecule has 0 bridgehead atoms. The summed E-state index contributed by atoms with van der Waals surface area (Å²) in [4.78, 5) is 26.9. The highest BCUT2D eigenvalue weighted by Crippen LogP contribution is 2.32. The van der Waals surface area contributed by atoms with Crippen molar-refractivity contribution < 1.29 is 22.8 Å². The highest BCUT2D eigenvalue weighted by atomic mass is 19.4. The van der Waals surface area contributed by atoms with Crippen molar-refractivity contribution >= 4 is 17.5 Å². The van der Waals surface area contributed by atoms with Crippen LogP contribution < -0.4 is 11.1 Å². The molecule has 122 valence electrons. The van der Waals surface area contributed by atoms with Crippen LogP contribution in [0.15, 0.2) is 18.3 Å². The Morgan fingerprint density at radius 3 is 2.52 bits per heavy atom. The molecule has 2 amide bonds. The summed E-state index contributed by atoms with van der Waals surface area (Å²) in [6.07, 6.45) is -3.41. The van der Waals surface area contributed by atoms with Gasteiger partial charge in [0.2, 0.25) is 0 Å². The second-order valence-electron chi connectivity index (χ2n) is 4.69. The summed E-state index contributed by atoms with van der Waals surface area (Å²) < 4.78 is 39.3. The molecule has 2 rings (SSSR count). The van der Waals surface area contributed by atoms with Crippen LogP contribution >= 0.6 is 0 Å². The van der Waals surface area contributed by atoms with Gasteiger partial charge < -0.3 is 11.1 Å². The highest BCUT2D eigenvalue weighted by molar-refractivity contribution is 6.04. The van der Waals surface area contributed by atoms with Crippen molar-refractivity contribution in [3.63, 3.8) is 0 Å². The summed E-state index contributed by atoms with van der Waals surface area (Å²) in [5.74, 6) is -1.59. The van der Waals surface area contributed by atoms with Crippen LogP contribution in [0, 0.1) is 6.92 Å². The molecule has 0 fully saturated rings. The molecule has 0 spiro atoms. The van der Waals surface area contributed by atoms with Gasteiger partial charge in [-0.2, -0.15) is 18.3 Å². The number of aromatic nitrogens is 3. The molecule has 0 aliphatic heterocycles. The number of anilines is 1. The first-order valence-electron chi connectivity index (χ1n) is 6.29. The summed E-state index contributed by atoms with van der Waals surface area (Å²) in [6, 6.07) is 2.59. The molecule has 0 radical (unpaired) electrons. The lowest BCUT2D eigenvalue weighted by atomic mass is 10.2. The largest absolute Gasteiger partial charge is 0.435 e. The molecule has 23 heavy (non-hydrogen) atoms. The maximum absolute atomic E-state index is 12.8. The summed E-state index contributed by atoms with van der Waals surface area (Å²) in [5.41, 5.74) is 3.50. The second kappa shape index (κ2) is 5.71. The fourth-order valence-electron chi connectivity index (χ4n) is 2.05. The van der Waals surface area contributed by atoms with Crippen LogP contribution in [0.5, 0.6) is 0 Å². The number of alkyl halides is 3. The van der Waals surface area contributed by atoms with E-state index in [2.05, 4.69) is 15.4 Å². The van der Waals surface area contributed by atoms with Gasteiger partial charge in [0.25, 0.3) is 11.8 Å². The van der Waals surface area contributed by atoms with Crippen molar-refractivity contribution in [1.29, 1.82) is 0 Å². The van der Waals surface area contributed by atoms with Crippen LogP contribution in [0.2, 0.25) is 0 Å². The number of hydrogen-bond acceptors (Lipinski definition) is 4. The minimum absolute atomic E-state index is 0.0829. The van der Waals surface area contributed by atoms with Crippen LogP contribution in [-0.2, 0) is 13.2 Å². The van der Waals surface area contributed by atoms with Crippen LogP contribution in [0.3, 0.4) is 0 Å². The Balaban J connectivity index is 2.34. The van der Waals surface area contributed by atoms with Gasteiger partial charge in [-0.05, 0) is 19.1 Å². The number of carbonyl (C=O) groups excluding carboxylic acids is 2. The van der Waals surface area contributed by atoms with E-state index in [4.69, 9.17) is 5.73 Å². The molecule has 2 aromatic heterocycles. The number of amides is 2. The van der Waals surface area contributed by atoms with Gasteiger partial charge in [-0.3, -0.25) is 19.3 Å². The molecule has 0 saturated heterocycles. The first kappa shape index (κ1) is 16.5. The van der Waals surface area contributed by atoms with Gasteiger partial charge in [0.05, 0.1) is 0 Å². The molecule has 0 aliphatic carbocycles. The molecule has 0 atom stereocenters. The SMILES string of the molecule is Cc1c(C(F)(F)F)nn(C)c1C(=O)Nc1ccnc(C(N)=O)c1. The Morgan fingerprint density at radius 1 is 1.35 bits per heavy atom. The predicted molar refractivity (Wildman–Crippen MR) is 73.7 cm³/mol. The lowest BCUT2D eigenvalue weighted by molar-refractivity contribution is -0.141. The van der Waals surface area contributed by atoms with Crippen molar-refractivity contribution in [2.24, 2.45) is 12.8 Å². The van der Waals surface area contributed by atoms with E-state index in [1.807, 2.05) is 0 Å². The van der Waals surface area contributed by atoms with Gasteiger partial charge in [0, 0.05) is 24.5 Å². The molecule has 0 unspecified atom stereocenters. The van der Waals surface area contributed by atoms with Crippen molar-refractivity contribution in [1.82, 2.24) is 14.8 Å². The number of pyridine rings is 1. The van der Waals surface area contributed by atoms with E-state index in [0.717, 1.165) is 11.6 Å². The monoisotopic (exact) mass is 327 g/mol. The van der Waals surface area contributed by atoms with Crippen LogP contribution in [0.25, 0.3) is 0 Å². The number of carbonyl (C=O) groups is 2. The Labute approximate surface area is 128 Å². The maximum Gasteiger partial charge on any atom is 0.435 e. The first-order chi connectivity index (χ1) is 10.6. The summed E-state index contributed by atoms with van der Waals surface area (Å²) in [6.45, 7) is 1.16. The summed E-state index contributed by atoms with van der Waals surface area (Å²) >= 11 is 0. The topological polar surface area (TPSA) is 103 Å². The number of nitrogens with zero attached hydrogens (tertiary/aromatic N) is 3. The van der Waals surface area contributed by atoms with E-state index < -0.39 is 23.7 Å². The minimum Gasteiger partial charge on any atom is -0.364 e. The fraction of sp³-hybridized carbons (Fsp3) is 0.231. The number of hydrogen-bond donors (Lipinski definition) is 2. The highest BCUT2D eigenvalue weighted by Gasteiger charge is 2.38. The molecule has 2 aromatic rings. The van der Waals surface area contributed by atoms with Gasteiger partial charge >= 0.3 is 6.18 Å². The first-order valence-corrected chi connectivity index (χ1v) is 6.29. The summed E-state index contributed by atoms with van der Waals surface area (Å²) in [7, 11) is 1.23. The lowest BCUT2D eigenvalue weighted by Gasteiger charge is -2.07. The van der Waals surface area contributed by atoms with Gasteiger partial charge in [-0.1, -0.05) is 0 Å². The van der Waals surface area contributed by atoms with Crippen LogP contribution in [0.4, 0.5) is 18.9 Å². The molecular formula is C13H12F3N5O2. The number of nitrogens with two attached hydrogens (primary N) is 1. The van der Waals surface area contributed by atoms with E-state index >= 15 is 0 Å². The third kappa shape index (κ3) is 3.30. The van der Waals surface area contributed by atoms with Crippen LogP contribution in [-0.4, -0.2) is 26.6 Å². The Hall–Kier alpha value is -2.91. The molecular weight excluding hydrogens is 315 g/mol. The molecule has 0 saturated carbocycles. The number of halogens is 3. The Morgan fingerprint density at radius 2 is 2.00 bits per heavy atom. The zero-order chi connectivity index (χ0) is 17.4. The number of primary amides is 1. The molecule has 3 N–H and O–H groups in total. The molecule has 10 heteroatoms. The molecule has 2 heterocycles. The third-order valence-corrected chi connectivity index (χ3v) is 3.04. The minimum atomic E-state index is -4.66. The zero-order valence-corrected chi connectivity index (χ0v) is 12.1. The average Bonchev–Trinajstić information content (AvgIpc) is 2.74.